The molecule has 0 radical (unpaired) electrons. The van der Waals surface area contributed by atoms with Crippen molar-refractivity contribution in [3.05, 3.63) is 0 Å². The first-order valence-electron chi connectivity index (χ1n) is 10.0. The number of amides is 1. The molecule has 0 aromatic heterocycles. The third kappa shape index (κ3) is 12.0. The van der Waals surface area contributed by atoms with E-state index in [1.54, 1.807) is 21.1 Å². The van der Waals surface area contributed by atoms with Crippen LogP contribution in [0, 0.1) is 5.92 Å². The quantitative estimate of drug-likeness (QED) is 0.279. The maximum atomic E-state index is 12.2. The number of quaternary nitrogens is 1. The molecule has 25 heavy (non-hydrogen) atoms. The SMILES string of the molecule is CCCCCCCCCCCCC(C)C(=O)NC(C(=O)[O-])[N+](C)(C)C. The van der Waals surface area contributed by atoms with E-state index in [1.165, 1.54) is 51.4 Å². The van der Waals surface area contributed by atoms with E-state index < -0.39 is 12.1 Å². The van der Waals surface area contributed by atoms with E-state index in [1.807, 2.05) is 6.92 Å². The zero-order valence-electron chi connectivity index (χ0n) is 17.1. The van der Waals surface area contributed by atoms with Crippen LogP contribution in [0.25, 0.3) is 0 Å². The van der Waals surface area contributed by atoms with Gasteiger partial charge in [0.2, 0.25) is 12.1 Å². The fraction of sp³-hybridized carbons (Fsp3) is 0.900. The van der Waals surface area contributed by atoms with Gasteiger partial charge in [0.05, 0.1) is 21.1 Å². The zero-order chi connectivity index (χ0) is 19.3. The Bertz CT molecular complexity index is 378. The van der Waals surface area contributed by atoms with Gasteiger partial charge in [0, 0.05) is 5.92 Å². The fourth-order valence-electron chi connectivity index (χ4n) is 2.91. The van der Waals surface area contributed by atoms with Gasteiger partial charge >= 0.3 is 0 Å². The molecule has 2 unspecified atom stereocenters. The molecule has 0 rings (SSSR count). The lowest BCUT2D eigenvalue weighted by atomic mass is 10.0. The molecular formula is C20H40N2O3. The number of carboxylic acid groups (broad SMARTS) is 1. The Morgan fingerprint density at radius 3 is 1.72 bits per heavy atom. The minimum atomic E-state index is -1.24. The molecule has 0 aromatic rings. The topological polar surface area (TPSA) is 69.2 Å². The number of carboxylic acids is 1. The van der Waals surface area contributed by atoms with E-state index in [-0.39, 0.29) is 16.3 Å². The van der Waals surface area contributed by atoms with Crippen molar-refractivity contribution in [2.24, 2.45) is 5.92 Å². The Labute approximate surface area is 154 Å². The summed E-state index contributed by atoms with van der Waals surface area (Å²) >= 11 is 0. The summed E-state index contributed by atoms with van der Waals surface area (Å²) in [5.41, 5.74) is 0. The number of nitrogens with zero attached hydrogens (tertiary/aromatic N) is 1. The maximum Gasteiger partial charge on any atom is 0.227 e. The van der Waals surface area contributed by atoms with E-state index in [4.69, 9.17) is 0 Å². The lowest BCUT2D eigenvalue weighted by Gasteiger charge is -2.35. The molecule has 5 heteroatoms. The van der Waals surface area contributed by atoms with Crippen molar-refractivity contribution in [1.29, 1.82) is 0 Å². The summed E-state index contributed by atoms with van der Waals surface area (Å²) in [5, 5.41) is 13.8. The van der Waals surface area contributed by atoms with E-state index in [2.05, 4.69) is 12.2 Å². The number of hydrogen-bond acceptors (Lipinski definition) is 3. The molecule has 1 amide bonds. The lowest BCUT2D eigenvalue weighted by molar-refractivity contribution is -0.891. The normalized spacial score (nSPS) is 14.1. The van der Waals surface area contributed by atoms with E-state index in [0.29, 0.717) is 0 Å². The van der Waals surface area contributed by atoms with Crippen LogP contribution in [-0.2, 0) is 9.59 Å². The van der Waals surface area contributed by atoms with Gasteiger partial charge in [-0.25, -0.2) is 0 Å². The number of rotatable bonds is 15. The number of nitrogens with one attached hydrogen (secondary N) is 1. The van der Waals surface area contributed by atoms with Crippen LogP contribution in [0.4, 0.5) is 0 Å². The smallest absolute Gasteiger partial charge is 0.227 e. The van der Waals surface area contributed by atoms with Crippen LogP contribution < -0.4 is 10.4 Å². The van der Waals surface area contributed by atoms with Crippen molar-refractivity contribution in [1.82, 2.24) is 5.32 Å². The standard InChI is InChI=1S/C20H40N2O3/c1-6-7-8-9-10-11-12-13-14-15-16-17(2)19(23)21-18(20(24)25)22(3,4)5/h17-18H,6-16H2,1-5H3,(H-,21,23,24,25). The van der Waals surface area contributed by atoms with Gasteiger partial charge in [-0.2, -0.15) is 0 Å². The van der Waals surface area contributed by atoms with E-state index in [0.717, 1.165) is 19.3 Å². The number of carbonyl (C=O) groups excluding carboxylic acids is 2. The van der Waals surface area contributed by atoms with Gasteiger partial charge in [-0.1, -0.05) is 78.1 Å². The highest BCUT2D eigenvalue weighted by Crippen LogP contribution is 2.14. The monoisotopic (exact) mass is 356 g/mol. The third-order valence-electron chi connectivity index (χ3n) is 4.72. The number of carbonyl (C=O) groups is 2. The number of unbranched alkanes of at least 4 members (excludes halogenated alkanes) is 9. The Morgan fingerprint density at radius 1 is 0.880 bits per heavy atom. The Hall–Kier alpha value is -1.10. The molecule has 2 atom stereocenters. The number of likely N-dealkylation sites (N-methyl/N-ethyl adjacent to an activating group) is 1. The molecule has 0 aliphatic carbocycles. The minimum absolute atomic E-state index is 0.110. The first-order valence-corrected chi connectivity index (χ1v) is 10.0. The van der Waals surface area contributed by atoms with Crippen molar-refractivity contribution >= 4 is 11.9 Å². The van der Waals surface area contributed by atoms with Crippen LogP contribution in [-0.4, -0.2) is 43.7 Å². The lowest BCUT2D eigenvalue weighted by Crippen LogP contribution is -2.63. The third-order valence-corrected chi connectivity index (χ3v) is 4.72. The predicted molar refractivity (Wildman–Crippen MR) is 101 cm³/mol. The van der Waals surface area contributed by atoms with Gasteiger partial charge in [-0.15, -0.1) is 0 Å². The largest absolute Gasteiger partial charge is 0.542 e. The summed E-state index contributed by atoms with van der Waals surface area (Å²) in [5.74, 6) is -1.60. The summed E-state index contributed by atoms with van der Waals surface area (Å²) < 4.78 is 0.110. The summed E-state index contributed by atoms with van der Waals surface area (Å²) in [7, 11) is 5.19. The summed E-state index contributed by atoms with van der Waals surface area (Å²) in [6.07, 6.45) is 12.5. The fourth-order valence-corrected chi connectivity index (χ4v) is 2.91. The van der Waals surface area contributed by atoms with Crippen molar-refractivity contribution in [3.8, 4) is 0 Å². The summed E-state index contributed by atoms with van der Waals surface area (Å²) in [4.78, 5) is 23.4. The van der Waals surface area contributed by atoms with E-state index in [9.17, 15) is 14.7 Å². The average Bonchev–Trinajstić information content (AvgIpc) is 2.52. The molecular weight excluding hydrogens is 316 g/mol. The molecule has 0 fully saturated rings. The van der Waals surface area contributed by atoms with Gasteiger partial charge in [0.25, 0.3) is 0 Å². The molecule has 0 saturated heterocycles. The molecule has 0 heterocycles. The molecule has 0 aliphatic rings. The first-order chi connectivity index (χ1) is 11.7. The van der Waals surface area contributed by atoms with Crippen LogP contribution in [0.15, 0.2) is 0 Å². The van der Waals surface area contributed by atoms with Crippen LogP contribution >= 0.6 is 0 Å². The average molecular weight is 357 g/mol. The van der Waals surface area contributed by atoms with Crippen LogP contribution in [0.3, 0.4) is 0 Å². The Balaban J connectivity index is 3.82. The number of hydrogen-bond donors (Lipinski definition) is 1. The van der Waals surface area contributed by atoms with Crippen molar-refractivity contribution in [2.75, 3.05) is 21.1 Å². The second-order valence-corrected chi connectivity index (χ2v) is 8.22. The molecule has 1 N–H and O–H groups in total. The van der Waals surface area contributed by atoms with Gasteiger partial charge in [-0.05, 0) is 6.42 Å². The van der Waals surface area contributed by atoms with E-state index >= 15 is 0 Å². The zero-order valence-corrected chi connectivity index (χ0v) is 17.1. The maximum absolute atomic E-state index is 12.2. The van der Waals surface area contributed by atoms with Gasteiger partial charge in [0.15, 0.2) is 0 Å². The van der Waals surface area contributed by atoms with Gasteiger partial charge < -0.3 is 19.7 Å². The highest BCUT2D eigenvalue weighted by atomic mass is 16.4. The second-order valence-electron chi connectivity index (χ2n) is 8.22. The molecule has 148 valence electrons. The highest BCUT2D eigenvalue weighted by Gasteiger charge is 2.28. The van der Waals surface area contributed by atoms with Gasteiger partial charge in [0.1, 0.15) is 5.97 Å². The van der Waals surface area contributed by atoms with Gasteiger partial charge in [-0.3, -0.25) is 4.79 Å². The highest BCUT2D eigenvalue weighted by molar-refractivity contribution is 5.83. The van der Waals surface area contributed by atoms with Crippen LogP contribution in [0.2, 0.25) is 0 Å². The molecule has 0 aliphatic heterocycles. The molecule has 0 aromatic carbocycles. The number of aliphatic carboxylic acids is 1. The molecule has 0 spiro atoms. The summed E-state index contributed by atoms with van der Waals surface area (Å²) in [6, 6.07) is 0. The molecule has 0 bridgehead atoms. The second kappa shape index (κ2) is 13.2. The first kappa shape index (κ1) is 23.9. The van der Waals surface area contributed by atoms with Crippen LogP contribution in [0.5, 0.6) is 0 Å². The van der Waals surface area contributed by atoms with Crippen molar-refractivity contribution in [3.63, 3.8) is 0 Å². The van der Waals surface area contributed by atoms with Crippen molar-refractivity contribution < 1.29 is 19.2 Å². The van der Waals surface area contributed by atoms with Crippen LogP contribution in [0.1, 0.15) is 84.5 Å². The Morgan fingerprint density at radius 2 is 1.32 bits per heavy atom. The predicted octanol–water partition coefficient (Wildman–Crippen LogP) is 2.83. The van der Waals surface area contributed by atoms with Crippen molar-refractivity contribution in [2.45, 2.75) is 90.6 Å². The molecule has 5 nitrogen and oxygen atoms in total. The minimum Gasteiger partial charge on any atom is -0.542 e. The summed E-state index contributed by atoms with van der Waals surface area (Å²) in [6.45, 7) is 4.10. The Kier molecular flexibility index (Phi) is 12.6. The molecule has 0 saturated carbocycles.